The summed E-state index contributed by atoms with van der Waals surface area (Å²) < 4.78 is 12.5. The number of fused-ring (bicyclic) bond motifs is 1. The minimum Gasteiger partial charge on any atom is -0.484 e. The first kappa shape index (κ1) is 20.1. The number of thiazole rings is 1. The van der Waals surface area contributed by atoms with Gasteiger partial charge in [-0.1, -0.05) is 29.0 Å². The Morgan fingerprint density at radius 1 is 1.28 bits per heavy atom. The number of ether oxygens (including phenoxy) is 2. The molecule has 152 valence electrons. The lowest BCUT2D eigenvalue weighted by atomic mass is 10.1. The number of hydrogen-bond donors (Lipinski definition) is 0. The van der Waals surface area contributed by atoms with Crippen LogP contribution < -0.4 is 9.64 Å². The Bertz CT molecular complexity index is 1010. The number of rotatable bonds is 6. The van der Waals surface area contributed by atoms with Crippen molar-refractivity contribution >= 4 is 44.2 Å². The highest BCUT2D eigenvalue weighted by atomic mass is 35.5. The van der Waals surface area contributed by atoms with E-state index in [2.05, 4.69) is 26.0 Å². The molecule has 0 radical (unpaired) electrons. The van der Waals surface area contributed by atoms with E-state index in [1.807, 2.05) is 0 Å². The van der Waals surface area contributed by atoms with Crippen molar-refractivity contribution in [1.82, 2.24) is 4.98 Å². The highest BCUT2D eigenvalue weighted by Crippen LogP contribution is 2.33. The summed E-state index contributed by atoms with van der Waals surface area (Å²) in [7, 11) is 0. The van der Waals surface area contributed by atoms with Crippen LogP contribution in [0.25, 0.3) is 10.2 Å². The number of aromatic nitrogens is 1. The molecule has 1 fully saturated rings. The number of benzene rings is 2. The zero-order valence-corrected chi connectivity index (χ0v) is 18.1. The predicted octanol–water partition coefficient (Wildman–Crippen LogP) is 5.16. The number of carbonyl (C=O) groups is 1. The van der Waals surface area contributed by atoms with E-state index in [0.29, 0.717) is 22.4 Å². The molecule has 2 aromatic carbocycles. The van der Waals surface area contributed by atoms with E-state index in [9.17, 15) is 4.79 Å². The average molecular weight is 431 g/mol. The summed E-state index contributed by atoms with van der Waals surface area (Å²) in [5, 5.41) is 1.32. The van der Waals surface area contributed by atoms with Crippen molar-refractivity contribution in [2.24, 2.45) is 0 Å². The molecule has 1 unspecified atom stereocenters. The zero-order valence-electron chi connectivity index (χ0n) is 16.5. The molecule has 1 aromatic heterocycles. The van der Waals surface area contributed by atoms with Crippen LogP contribution in [0.5, 0.6) is 5.75 Å². The van der Waals surface area contributed by atoms with Gasteiger partial charge in [0.1, 0.15) is 5.75 Å². The van der Waals surface area contributed by atoms with Gasteiger partial charge in [-0.2, -0.15) is 0 Å². The van der Waals surface area contributed by atoms with Crippen molar-refractivity contribution in [2.45, 2.75) is 32.8 Å². The summed E-state index contributed by atoms with van der Waals surface area (Å²) in [5.41, 5.74) is 3.29. The lowest BCUT2D eigenvalue weighted by molar-refractivity contribution is -0.120. The molecule has 0 spiro atoms. The Hall–Kier alpha value is -2.15. The van der Waals surface area contributed by atoms with Gasteiger partial charge in [0.2, 0.25) is 0 Å². The number of hydrogen-bond acceptors (Lipinski definition) is 5. The molecule has 1 aliphatic heterocycles. The van der Waals surface area contributed by atoms with Crippen LogP contribution in [-0.4, -0.2) is 36.8 Å². The van der Waals surface area contributed by atoms with E-state index in [4.69, 9.17) is 26.1 Å². The normalized spacial score (nSPS) is 16.3. The van der Waals surface area contributed by atoms with E-state index in [1.165, 1.54) is 16.9 Å². The van der Waals surface area contributed by atoms with Gasteiger partial charge in [-0.3, -0.25) is 9.69 Å². The summed E-state index contributed by atoms with van der Waals surface area (Å²) in [6, 6.07) is 11.1. The van der Waals surface area contributed by atoms with Crippen LogP contribution >= 0.6 is 22.9 Å². The maximum Gasteiger partial charge on any atom is 0.266 e. The lowest BCUT2D eigenvalue weighted by Gasteiger charge is -2.23. The van der Waals surface area contributed by atoms with Gasteiger partial charge in [0, 0.05) is 11.6 Å². The van der Waals surface area contributed by atoms with Gasteiger partial charge in [0.05, 0.1) is 22.9 Å². The molecule has 29 heavy (non-hydrogen) atoms. The molecular weight excluding hydrogens is 408 g/mol. The first-order chi connectivity index (χ1) is 14.0. The monoisotopic (exact) mass is 430 g/mol. The number of amides is 1. The third-order valence-electron chi connectivity index (χ3n) is 5.19. The quantitative estimate of drug-likeness (QED) is 0.542. The fourth-order valence-electron chi connectivity index (χ4n) is 3.36. The van der Waals surface area contributed by atoms with E-state index < -0.39 is 0 Å². The Labute approximate surface area is 179 Å². The van der Waals surface area contributed by atoms with Crippen LogP contribution in [0.4, 0.5) is 5.13 Å². The minimum absolute atomic E-state index is 0.0318. The fraction of sp³-hybridized carbons (Fsp3) is 0.364. The second-order valence-corrected chi connectivity index (χ2v) is 8.68. The van der Waals surface area contributed by atoms with Crippen LogP contribution in [0, 0.1) is 13.8 Å². The third kappa shape index (κ3) is 4.55. The summed E-state index contributed by atoms with van der Waals surface area (Å²) in [4.78, 5) is 19.6. The van der Waals surface area contributed by atoms with Crippen molar-refractivity contribution in [3.05, 3.63) is 52.5 Å². The van der Waals surface area contributed by atoms with Gasteiger partial charge < -0.3 is 9.47 Å². The molecule has 0 saturated carbocycles. The minimum atomic E-state index is -0.135. The second-order valence-electron chi connectivity index (χ2n) is 7.23. The molecule has 0 N–H and O–H groups in total. The number of aryl methyl sites for hydroxylation is 2. The van der Waals surface area contributed by atoms with Gasteiger partial charge in [-0.25, -0.2) is 4.98 Å². The Kier molecular flexibility index (Phi) is 6.04. The van der Waals surface area contributed by atoms with Crippen molar-refractivity contribution in [2.75, 3.05) is 24.7 Å². The van der Waals surface area contributed by atoms with E-state index >= 15 is 0 Å². The third-order valence-corrected chi connectivity index (χ3v) is 6.49. The maximum atomic E-state index is 13.1. The topological polar surface area (TPSA) is 51.7 Å². The van der Waals surface area contributed by atoms with E-state index in [-0.39, 0.29) is 18.6 Å². The van der Waals surface area contributed by atoms with Crippen LogP contribution in [0.2, 0.25) is 5.02 Å². The van der Waals surface area contributed by atoms with Crippen LogP contribution in [-0.2, 0) is 9.53 Å². The molecule has 1 amide bonds. The highest BCUT2D eigenvalue weighted by molar-refractivity contribution is 7.22. The lowest BCUT2D eigenvalue weighted by Crippen LogP contribution is -2.40. The zero-order chi connectivity index (χ0) is 20.4. The smallest absolute Gasteiger partial charge is 0.266 e. The van der Waals surface area contributed by atoms with Crippen LogP contribution in [0.3, 0.4) is 0 Å². The first-order valence-electron chi connectivity index (χ1n) is 9.68. The van der Waals surface area contributed by atoms with Gasteiger partial charge in [-0.15, -0.1) is 0 Å². The van der Waals surface area contributed by atoms with Crippen molar-refractivity contribution in [1.29, 1.82) is 0 Å². The van der Waals surface area contributed by atoms with Crippen LogP contribution in [0.15, 0.2) is 36.4 Å². The summed E-state index contributed by atoms with van der Waals surface area (Å²) in [6.45, 7) is 5.30. The largest absolute Gasteiger partial charge is 0.484 e. The molecule has 0 aliphatic carbocycles. The summed E-state index contributed by atoms with van der Waals surface area (Å²) in [6.07, 6.45) is 2.00. The van der Waals surface area contributed by atoms with Crippen molar-refractivity contribution in [3.8, 4) is 5.75 Å². The Morgan fingerprint density at radius 2 is 2.07 bits per heavy atom. The molecular formula is C22H23ClN2O3S. The molecule has 7 heteroatoms. The maximum absolute atomic E-state index is 13.1. The van der Waals surface area contributed by atoms with Gasteiger partial charge >= 0.3 is 0 Å². The Morgan fingerprint density at radius 3 is 2.79 bits per heavy atom. The first-order valence-corrected chi connectivity index (χ1v) is 10.9. The molecule has 1 aliphatic rings. The molecule has 1 saturated heterocycles. The second kappa shape index (κ2) is 8.69. The molecule has 2 heterocycles. The highest BCUT2D eigenvalue weighted by Gasteiger charge is 2.26. The van der Waals surface area contributed by atoms with Gasteiger partial charge in [0.15, 0.2) is 11.7 Å². The van der Waals surface area contributed by atoms with E-state index in [1.54, 1.807) is 29.2 Å². The van der Waals surface area contributed by atoms with Gasteiger partial charge in [-0.05, 0) is 68.1 Å². The fourth-order valence-corrected chi connectivity index (χ4v) is 4.54. The van der Waals surface area contributed by atoms with Crippen LogP contribution in [0.1, 0.15) is 24.0 Å². The number of halogens is 1. The number of nitrogens with zero attached hydrogens (tertiary/aromatic N) is 2. The SMILES string of the molecule is Cc1ccc2sc(N(CC3CCCO3)C(=O)COc3ccc(Cl)cc3)nc2c1C. The average Bonchev–Trinajstić information content (AvgIpc) is 3.38. The summed E-state index contributed by atoms with van der Waals surface area (Å²) >= 11 is 7.44. The molecule has 1 atom stereocenters. The van der Waals surface area contributed by atoms with E-state index in [0.717, 1.165) is 35.2 Å². The number of anilines is 1. The molecule has 5 nitrogen and oxygen atoms in total. The number of carbonyl (C=O) groups excluding carboxylic acids is 1. The molecule has 0 bridgehead atoms. The molecule has 4 rings (SSSR count). The summed E-state index contributed by atoms with van der Waals surface area (Å²) in [5.74, 6) is 0.472. The van der Waals surface area contributed by atoms with Crippen molar-refractivity contribution < 1.29 is 14.3 Å². The predicted molar refractivity (Wildman–Crippen MR) is 117 cm³/mol. The molecule has 3 aromatic rings. The van der Waals surface area contributed by atoms with Crippen molar-refractivity contribution in [3.63, 3.8) is 0 Å². The standard InChI is InChI=1S/C22H23ClN2O3S/c1-14-5-10-19-21(15(14)2)24-22(29-19)25(12-18-4-3-11-27-18)20(26)13-28-17-8-6-16(23)7-9-17/h5-10,18H,3-4,11-13H2,1-2H3. The Balaban J connectivity index is 1.57. The van der Waals surface area contributed by atoms with Gasteiger partial charge in [0.25, 0.3) is 5.91 Å².